The molecule has 6 nitrogen and oxygen atoms in total. The van der Waals surface area contributed by atoms with Crippen molar-refractivity contribution in [2.24, 2.45) is 5.73 Å². The second-order valence-electron chi connectivity index (χ2n) is 5.83. The number of carbonyl (C=O) groups excluding carboxylic acids is 2. The SMILES string of the molecule is NC(=O)Cc1csc(NC(=O)[C@@H](c2ccccc2)N2CCCC2)n1. The first-order valence-corrected chi connectivity index (χ1v) is 8.84. The Kier molecular flexibility index (Phi) is 5.22. The Morgan fingerprint density at radius 3 is 2.62 bits per heavy atom. The molecule has 1 aromatic carbocycles. The van der Waals surface area contributed by atoms with Crippen LogP contribution in [0.25, 0.3) is 0 Å². The lowest BCUT2D eigenvalue weighted by Gasteiger charge is -2.26. The first-order valence-electron chi connectivity index (χ1n) is 7.96. The van der Waals surface area contributed by atoms with Gasteiger partial charge in [0, 0.05) is 5.38 Å². The Morgan fingerprint density at radius 2 is 1.96 bits per heavy atom. The van der Waals surface area contributed by atoms with Crippen LogP contribution in [0.1, 0.15) is 30.1 Å². The van der Waals surface area contributed by atoms with Crippen LogP contribution in [0.2, 0.25) is 0 Å². The standard InChI is InChI=1S/C17H20N4O2S/c18-14(22)10-13-11-24-17(19-13)20-16(23)15(21-8-4-5-9-21)12-6-2-1-3-7-12/h1-3,6-7,11,15H,4-5,8-10H2,(H2,18,22)(H,19,20,23)/t15-/m1/s1. The molecule has 0 radical (unpaired) electrons. The molecule has 1 aliphatic heterocycles. The molecule has 2 aromatic rings. The number of benzene rings is 1. The van der Waals surface area contributed by atoms with Crippen molar-refractivity contribution in [3.63, 3.8) is 0 Å². The van der Waals surface area contributed by atoms with E-state index in [1.54, 1.807) is 5.38 Å². The summed E-state index contributed by atoms with van der Waals surface area (Å²) in [6, 6.07) is 9.46. The smallest absolute Gasteiger partial charge is 0.248 e. The lowest BCUT2D eigenvalue weighted by Crippen LogP contribution is -2.35. The van der Waals surface area contributed by atoms with E-state index in [0.29, 0.717) is 10.8 Å². The Labute approximate surface area is 144 Å². The molecule has 0 unspecified atom stereocenters. The number of rotatable bonds is 6. The average Bonchev–Trinajstić information content (AvgIpc) is 3.21. The van der Waals surface area contributed by atoms with Crippen LogP contribution in [0, 0.1) is 0 Å². The highest BCUT2D eigenvalue weighted by Gasteiger charge is 2.30. The largest absolute Gasteiger partial charge is 0.369 e. The maximum absolute atomic E-state index is 12.9. The quantitative estimate of drug-likeness (QED) is 0.838. The number of likely N-dealkylation sites (tertiary alicyclic amines) is 1. The molecule has 1 aromatic heterocycles. The number of amides is 2. The van der Waals surface area contributed by atoms with Crippen molar-refractivity contribution in [1.82, 2.24) is 9.88 Å². The molecular formula is C17H20N4O2S. The van der Waals surface area contributed by atoms with Crippen LogP contribution in [-0.2, 0) is 16.0 Å². The molecule has 3 rings (SSSR count). The van der Waals surface area contributed by atoms with Gasteiger partial charge in [-0.2, -0.15) is 0 Å². The van der Waals surface area contributed by atoms with Gasteiger partial charge in [-0.05, 0) is 31.5 Å². The summed E-state index contributed by atoms with van der Waals surface area (Å²) in [6.07, 6.45) is 2.30. The van der Waals surface area contributed by atoms with E-state index in [2.05, 4.69) is 15.2 Å². The molecule has 0 bridgehead atoms. The van der Waals surface area contributed by atoms with E-state index in [1.807, 2.05) is 30.3 Å². The van der Waals surface area contributed by atoms with Crippen molar-refractivity contribution in [3.8, 4) is 0 Å². The molecule has 126 valence electrons. The van der Waals surface area contributed by atoms with Gasteiger partial charge in [0.1, 0.15) is 6.04 Å². The van der Waals surface area contributed by atoms with Crippen LogP contribution in [-0.4, -0.2) is 34.8 Å². The van der Waals surface area contributed by atoms with Crippen LogP contribution < -0.4 is 11.1 Å². The third-order valence-corrected chi connectivity index (χ3v) is 4.81. The summed E-state index contributed by atoms with van der Waals surface area (Å²) in [4.78, 5) is 30.3. The summed E-state index contributed by atoms with van der Waals surface area (Å²) >= 11 is 1.31. The van der Waals surface area contributed by atoms with Gasteiger partial charge in [-0.1, -0.05) is 30.3 Å². The first kappa shape index (κ1) is 16.6. The fourth-order valence-electron chi connectivity index (χ4n) is 2.96. The Bertz CT molecular complexity index is 710. The number of nitrogens with zero attached hydrogens (tertiary/aromatic N) is 2. The molecule has 1 aliphatic rings. The molecule has 1 saturated heterocycles. The van der Waals surface area contributed by atoms with Gasteiger partial charge in [0.05, 0.1) is 12.1 Å². The number of primary amides is 1. The monoisotopic (exact) mass is 344 g/mol. The number of thiazole rings is 1. The number of carbonyl (C=O) groups is 2. The van der Waals surface area contributed by atoms with Crippen molar-refractivity contribution < 1.29 is 9.59 Å². The fourth-order valence-corrected chi connectivity index (χ4v) is 3.67. The van der Waals surface area contributed by atoms with Gasteiger partial charge in [-0.3, -0.25) is 14.5 Å². The highest BCUT2D eigenvalue weighted by atomic mass is 32.1. The number of anilines is 1. The van der Waals surface area contributed by atoms with E-state index in [-0.39, 0.29) is 18.4 Å². The molecule has 1 fully saturated rings. The second-order valence-corrected chi connectivity index (χ2v) is 6.69. The summed E-state index contributed by atoms with van der Waals surface area (Å²) < 4.78 is 0. The number of hydrogen-bond acceptors (Lipinski definition) is 5. The molecule has 2 amide bonds. The fraction of sp³-hybridized carbons (Fsp3) is 0.353. The molecule has 7 heteroatoms. The summed E-state index contributed by atoms with van der Waals surface area (Å²) in [5, 5.41) is 5.13. The highest BCUT2D eigenvalue weighted by Crippen LogP contribution is 2.27. The topological polar surface area (TPSA) is 88.3 Å². The summed E-state index contributed by atoms with van der Waals surface area (Å²) in [5.41, 5.74) is 6.73. The Balaban J connectivity index is 1.76. The normalized spacial score (nSPS) is 16.0. The van der Waals surface area contributed by atoms with Crippen molar-refractivity contribution in [2.75, 3.05) is 18.4 Å². The lowest BCUT2D eigenvalue weighted by molar-refractivity contribution is -0.121. The number of nitrogens with two attached hydrogens (primary N) is 1. The van der Waals surface area contributed by atoms with Crippen LogP contribution >= 0.6 is 11.3 Å². The van der Waals surface area contributed by atoms with Gasteiger partial charge >= 0.3 is 0 Å². The van der Waals surface area contributed by atoms with Crippen molar-refractivity contribution in [2.45, 2.75) is 25.3 Å². The molecule has 0 aliphatic carbocycles. The van der Waals surface area contributed by atoms with Gasteiger partial charge in [0.2, 0.25) is 11.8 Å². The Morgan fingerprint density at radius 1 is 1.25 bits per heavy atom. The second kappa shape index (κ2) is 7.55. The third-order valence-electron chi connectivity index (χ3n) is 4.01. The van der Waals surface area contributed by atoms with E-state index < -0.39 is 5.91 Å². The van der Waals surface area contributed by atoms with E-state index in [1.165, 1.54) is 11.3 Å². The molecular weight excluding hydrogens is 324 g/mol. The number of hydrogen-bond donors (Lipinski definition) is 2. The van der Waals surface area contributed by atoms with E-state index in [9.17, 15) is 9.59 Å². The zero-order valence-electron chi connectivity index (χ0n) is 13.3. The number of aromatic nitrogens is 1. The van der Waals surface area contributed by atoms with Crippen molar-refractivity contribution in [1.29, 1.82) is 0 Å². The van der Waals surface area contributed by atoms with E-state index in [4.69, 9.17) is 5.73 Å². The Hall–Kier alpha value is -2.25. The van der Waals surface area contributed by atoms with Gasteiger partial charge in [-0.25, -0.2) is 4.98 Å². The van der Waals surface area contributed by atoms with E-state index >= 15 is 0 Å². The number of nitrogens with one attached hydrogen (secondary N) is 1. The lowest BCUT2D eigenvalue weighted by atomic mass is 10.1. The average molecular weight is 344 g/mol. The predicted molar refractivity (Wildman–Crippen MR) is 93.6 cm³/mol. The molecule has 1 atom stereocenters. The maximum atomic E-state index is 12.9. The summed E-state index contributed by atoms with van der Waals surface area (Å²) in [5.74, 6) is -0.527. The maximum Gasteiger partial charge on any atom is 0.248 e. The molecule has 2 heterocycles. The van der Waals surface area contributed by atoms with Crippen LogP contribution in [0.3, 0.4) is 0 Å². The molecule has 0 saturated carbocycles. The zero-order chi connectivity index (χ0) is 16.9. The van der Waals surface area contributed by atoms with Gasteiger partial charge < -0.3 is 11.1 Å². The highest BCUT2D eigenvalue weighted by molar-refractivity contribution is 7.13. The minimum atomic E-state index is -0.433. The molecule has 0 spiro atoms. The zero-order valence-corrected chi connectivity index (χ0v) is 14.1. The van der Waals surface area contributed by atoms with Gasteiger partial charge in [-0.15, -0.1) is 11.3 Å². The van der Waals surface area contributed by atoms with Crippen LogP contribution in [0.15, 0.2) is 35.7 Å². The minimum Gasteiger partial charge on any atom is -0.369 e. The summed E-state index contributed by atoms with van der Waals surface area (Å²) in [6.45, 7) is 1.83. The van der Waals surface area contributed by atoms with E-state index in [0.717, 1.165) is 31.5 Å². The van der Waals surface area contributed by atoms with Crippen LogP contribution in [0.5, 0.6) is 0 Å². The van der Waals surface area contributed by atoms with Crippen molar-refractivity contribution >= 4 is 28.3 Å². The van der Waals surface area contributed by atoms with Crippen molar-refractivity contribution in [3.05, 3.63) is 47.0 Å². The summed E-state index contributed by atoms with van der Waals surface area (Å²) in [7, 11) is 0. The third kappa shape index (κ3) is 3.98. The molecule has 3 N–H and O–H groups in total. The van der Waals surface area contributed by atoms with Gasteiger partial charge in [0.25, 0.3) is 0 Å². The van der Waals surface area contributed by atoms with Gasteiger partial charge in [0.15, 0.2) is 5.13 Å². The molecule has 24 heavy (non-hydrogen) atoms. The first-order chi connectivity index (χ1) is 11.6. The van der Waals surface area contributed by atoms with Crippen LogP contribution in [0.4, 0.5) is 5.13 Å². The predicted octanol–water partition coefficient (Wildman–Crippen LogP) is 1.95. The minimum absolute atomic E-state index is 0.0839.